The van der Waals surface area contributed by atoms with Crippen molar-refractivity contribution in [3.63, 3.8) is 0 Å². The predicted molar refractivity (Wildman–Crippen MR) is 78.5 cm³/mol. The second kappa shape index (κ2) is 5.19. The summed E-state index contributed by atoms with van der Waals surface area (Å²) in [6, 6.07) is 12.4. The van der Waals surface area contributed by atoms with Crippen LogP contribution in [0.15, 0.2) is 36.4 Å². The third kappa shape index (κ3) is 2.31. The molecule has 1 aliphatic rings. The first-order valence-electron chi connectivity index (χ1n) is 6.93. The van der Waals surface area contributed by atoms with Gasteiger partial charge in [0.1, 0.15) is 5.75 Å². The summed E-state index contributed by atoms with van der Waals surface area (Å²) in [4.78, 5) is 2.42. The van der Waals surface area contributed by atoms with Crippen LogP contribution in [0.5, 0.6) is 5.75 Å². The van der Waals surface area contributed by atoms with Crippen LogP contribution in [0.25, 0.3) is 10.8 Å². The molecular formula is C16H20N2O. The summed E-state index contributed by atoms with van der Waals surface area (Å²) in [5, 5.41) is 15.9. The normalized spacial score (nSPS) is 18.6. The lowest BCUT2D eigenvalue weighted by Crippen LogP contribution is -2.44. The van der Waals surface area contributed by atoms with Crippen LogP contribution in [0.1, 0.15) is 18.5 Å². The van der Waals surface area contributed by atoms with Crippen molar-refractivity contribution in [2.75, 3.05) is 26.2 Å². The van der Waals surface area contributed by atoms with Crippen LogP contribution in [0.3, 0.4) is 0 Å². The number of hydrogen-bond acceptors (Lipinski definition) is 3. The summed E-state index contributed by atoms with van der Waals surface area (Å²) in [7, 11) is 0. The number of nitrogens with zero attached hydrogens (tertiary/aromatic N) is 1. The molecule has 1 saturated heterocycles. The van der Waals surface area contributed by atoms with E-state index in [4.69, 9.17) is 0 Å². The number of aromatic hydroxyl groups is 1. The maximum atomic E-state index is 10.5. The number of rotatable bonds is 2. The molecule has 0 aromatic heterocycles. The Morgan fingerprint density at radius 2 is 1.84 bits per heavy atom. The Morgan fingerprint density at radius 3 is 2.63 bits per heavy atom. The zero-order valence-corrected chi connectivity index (χ0v) is 11.3. The quantitative estimate of drug-likeness (QED) is 0.866. The molecule has 100 valence electrons. The Morgan fingerprint density at radius 1 is 1.11 bits per heavy atom. The highest BCUT2D eigenvalue weighted by molar-refractivity contribution is 5.89. The lowest BCUT2D eigenvalue weighted by Gasteiger charge is -2.33. The van der Waals surface area contributed by atoms with Crippen molar-refractivity contribution in [1.82, 2.24) is 10.2 Å². The van der Waals surface area contributed by atoms with Gasteiger partial charge in [0.05, 0.1) is 0 Å². The maximum Gasteiger partial charge on any atom is 0.128 e. The van der Waals surface area contributed by atoms with E-state index in [9.17, 15) is 5.11 Å². The van der Waals surface area contributed by atoms with Crippen LogP contribution in [-0.4, -0.2) is 36.2 Å². The Kier molecular flexibility index (Phi) is 3.40. The first kappa shape index (κ1) is 12.5. The monoisotopic (exact) mass is 256 g/mol. The fraction of sp³-hybridized carbons (Fsp3) is 0.375. The summed E-state index contributed by atoms with van der Waals surface area (Å²) in [5.41, 5.74) is 1.03. The molecule has 0 aliphatic carbocycles. The Labute approximate surface area is 113 Å². The van der Waals surface area contributed by atoms with Gasteiger partial charge in [0.2, 0.25) is 0 Å². The van der Waals surface area contributed by atoms with Crippen molar-refractivity contribution in [2.24, 2.45) is 0 Å². The molecule has 0 amide bonds. The highest BCUT2D eigenvalue weighted by Crippen LogP contribution is 2.34. The number of benzene rings is 2. The molecule has 0 saturated carbocycles. The first-order chi connectivity index (χ1) is 9.27. The number of hydrogen-bond donors (Lipinski definition) is 2. The average molecular weight is 256 g/mol. The lowest BCUT2D eigenvalue weighted by atomic mass is 9.99. The van der Waals surface area contributed by atoms with E-state index in [-0.39, 0.29) is 6.04 Å². The second-order valence-corrected chi connectivity index (χ2v) is 5.19. The van der Waals surface area contributed by atoms with Crippen molar-refractivity contribution in [1.29, 1.82) is 0 Å². The molecule has 1 heterocycles. The van der Waals surface area contributed by atoms with Crippen LogP contribution in [0.4, 0.5) is 0 Å². The minimum absolute atomic E-state index is 0.256. The summed E-state index contributed by atoms with van der Waals surface area (Å²) in [5.74, 6) is 0.434. The fourth-order valence-electron chi connectivity index (χ4n) is 2.88. The predicted octanol–water partition coefficient (Wildman–Crippen LogP) is 2.51. The molecule has 1 fully saturated rings. The van der Waals surface area contributed by atoms with Crippen LogP contribution >= 0.6 is 0 Å². The number of fused-ring (bicyclic) bond motifs is 1. The Hall–Kier alpha value is -1.58. The summed E-state index contributed by atoms with van der Waals surface area (Å²) in [6.45, 7) is 6.30. The van der Waals surface area contributed by atoms with Gasteiger partial charge in [0.25, 0.3) is 0 Å². The van der Waals surface area contributed by atoms with Gasteiger partial charge in [-0.1, -0.05) is 36.4 Å². The maximum absolute atomic E-state index is 10.5. The number of piperazine rings is 1. The van der Waals surface area contributed by atoms with Crippen LogP contribution < -0.4 is 5.32 Å². The van der Waals surface area contributed by atoms with Crippen LogP contribution in [-0.2, 0) is 0 Å². The molecule has 2 aromatic rings. The van der Waals surface area contributed by atoms with Crippen molar-refractivity contribution < 1.29 is 5.11 Å². The molecule has 0 radical (unpaired) electrons. The van der Waals surface area contributed by atoms with E-state index in [2.05, 4.69) is 29.3 Å². The molecule has 3 rings (SSSR count). The van der Waals surface area contributed by atoms with E-state index in [0.717, 1.165) is 42.5 Å². The van der Waals surface area contributed by atoms with Gasteiger partial charge in [0, 0.05) is 43.2 Å². The van der Waals surface area contributed by atoms with E-state index in [1.165, 1.54) is 0 Å². The van der Waals surface area contributed by atoms with E-state index >= 15 is 0 Å². The summed E-state index contributed by atoms with van der Waals surface area (Å²) < 4.78 is 0. The van der Waals surface area contributed by atoms with Crippen molar-refractivity contribution in [3.8, 4) is 5.75 Å². The van der Waals surface area contributed by atoms with Gasteiger partial charge < -0.3 is 10.4 Å². The van der Waals surface area contributed by atoms with E-state index in [0.29, 0.717) is 5.75 Å². The highest BCUT2D eigenvalue weighted by Gasteiger charge is 2.21. The molecular weight excluding hydrogens is 236 g/mol. The minimum Gasteiger partial charge on any atom is -0.507 e. The van der Waals surface area contributed by atoms with Crippen LogP contribution in [0.2, 0.25) is 0 Å². The van der Waals surface area contributed by atoms with Crippen molar-refractivity contribution >= 4 is 10.8 Å². The number of phenolic OH excluding ortho intramolecular Hbond substituents is 1. The standard InChI is InChI=1S/C16H20N2O/c1-12(18-10-8-17-9-11-18)14-7-6-13-4-2-3-5-15(13)16(14)19/h2-7,12,17,19H,8-11H2,1H3. The zero-order chi connectivity index (χ0) is 13.2. The SMILES string of the molecule is CC(c1ccc2ccccc2c1O)N1CCNCC1. The molecule has 3 nitrogen and oxygen atoms in total. The third-order valence-electron chi connectivity index (χ3n) is 4.08. The van der Waals surface area contributed by atoms with Crippen molar-refractivity contribution in [2.45, 2.75) is 13.0 Å². The highest BCUT2D eigenvalue weighted by atomic mass is 16.3. The lowest BCUT2D eigenvalue weighted by molar-refractivity contribution is 0.183. The van der Waals surface area contributed by atoms with Gasteiger partial charge >= 0.3 is 0 Å². The van der Waals surface area contributed by atoms with Gasteiger partial charge in [0.15, 0.2) is 0 Å². The van der Waals surface area contributed by atoms with Gasteiger partial charge in [-0.3, -0.25) is 4.90 Å². The average Bonchev–Trinajstić information content (AvgIpc) is 2.48. The molecule has 1 unspecified atom stereocenters. The molecule has 1 atom stereocenters. The van der Waals surface area contributed by atoms with Crippen LogP contribution in [0, 0.1) is 0 Å². The number of nitrogens with one attached hydrogen (secondary N) is 1. The fourth-order valence-corrected chi connectivity index (χ4v) is 2.88. The molecule has 0 bridgehead atoms. The van der Waals surface area contributed by atoms with Gasteiger partial charge in [-0.15, -0.1) is 0 Å². The molecule has 2 aromatic carbocycles. The minimum atomic E-state index is 0.256. The molecule has 19 heavy (non-hydrogen) atoms. The summed E-state index contributed by atoms with van der Waals surface area (Å²) in [6.07, 6.45) is 0. The van der Waals surface area contributed by atoms with E-state index < -0.39 is 0 Å². The smallest absolute Gasteiger partial charge is 0.128 e. The second-order valence-electron chi connectivity index (χ2n) is 5.19. The van der Waals surface area contributed by atoms with Gasteiger partial charge in [-0.25, -0.2) is 0 Å². The zero-order valence-electron chi connectivity index (χ0n) is 11.3. The first-order valence-corrected chi connectivity index (χ1v) is 6.93. The van der Waals surface area contributed by atoms with E-state index in [1.54, 1.807) is 0 Å². The molecule has 3 heteroatoms. The molecule has 0 spiro atoms. The summed E-state index contributed by atoms with van der Waals surface area (Å²) >= 11 is 0. The molecule has 2 N–H and O–H groups in total. The van der Waals surface area contributed by atoms with Gasteiger partial charge in [-0.2, -0.15) is 0 Å². The topological polar surface area (TPSA) is 35.5 Å². The Balaban J connectivity index is 1.97. The number of phenols is 1. The van der Waals surface area contributed by atoms with E-state index in [1.807, 2.05) is 24.3 Å². The van der Waals surface area contributed by atoms with Gasteiger partial charge in [-0.05, 0) is 12.3 Å². The largest absolute Gasteiger partial charge is 0.507 e. The Bertz CT molecular complexity index is 576. The van der Waals surface area contributed by atoms with Crippen molar-refractivity contribution in [3.05, 3.63) is 42.0 Å². The third-order valence-corrected chi connectivity index (χ3v) is 4.08. The molecule has 1 aliphatic heterocycles.